The van der Waals surface area contributed by atoms with Crippen molar-refractivity contribution < 1.29 is 18.1 Å². The van der Waals surface area contributed by atoms with Gasteiger partial charge in [-0.1, -0.05) is 6.07 Å². The van der Waals surface area contributed by atoms with E-state index in [0.717, 1.165) is 6.26 Å². The van der Waals surface area contributed by atoms with Gasteiger partial charge in [0.05, 0.1) is 4.92 Å². The lowest BCUT2D eigenvalue weighted by Crippen LogP contribution is -2.10. The number of nitrogens with one attached hydrogen (secondary N) is 1. The van der Waals surface area contributed by atoms with Crippen molar-refractivity contribution in [1.82, 2.24) is 0 Å². The SMILES string of the molecule is CCOCCCNc1cccc(S(C)(=O)=O)c1[N+](=O)[O-]. The molecule has 7 nitrogen and oxygen atoms in total. The lowest BCUT2D eigenvalue weighted by molar-refractivity contribution is -0.386. The molecule has 0 unspecified atom stereocenters. The zero-order valence-electron chi connectivity index (χ0n) is 11.5. The fourth-order valence-corrected chi connectivity index (χ4v) is 2.56. The second-order valence-electron chi connectivity index (χ2n) is 4.16. The van der Waals surface area contributed by atoms with E-state index < -0.39 is 20.4 Å². The van der Waals surface area contributed by atoms with E-state index >= 15 is 0 Å². The number of anilines is 1. The average Bonchev–Trinajstić information content (AvgIpc) is 2.37. The van der Waals surface area contributed by atoms with Gasteiger partial charge in [0, 0.05) is 26.0 Å². The molecule has 1 N–H and O–H groups in total. The summed E-state index contributed by atoms with van der Waals surface area (Å²) in [5.74, 6) is 0. The normalized spacial score (nSPS) is 11.3. The van der Waals surface area contributed by atoms with Crippen molar-refractivity contribution in [1.29, 1.82) is 0 Å². The molecular weight excluding hydrogens is 284 g/mol. The van der Waals surface area contributed by atoms with Crippen molar-refractivity contribution in [3.8, 4) is 0 Å². The van der Waals surface area contributed by atoms with Crippen molar-refractivity contribution in [3.05, 3.63) is 28.3 Å². The Morgan fingerprint density at radius 1 is 1.40 bits per heavy atom. The first-order valence-electron chi connectivity index (χ1n) is 6.17. The molecule has 0 aromatic heterocycles. The van der Waals surface area contributed by atoms with Crippen LogP contribution in [0.2, 0.25) is 0 Å². The summed E-state index contributed by atoms with van der Waals surface area (Å²) in [5, 5.41) is 14.0. The maximum absolute atomic E-state index is 11.6. The molecule has 0 saturated carbocycles. The molecule has 8 heteroatoms. The first-order valence-corrected chi connectivity index (χ1v) is 8.06. The fourth-order valence-electron chi connectivity index (χ4n) is 1.69. The first kappa shape index (κ1) is 16.4. The molecule has 1 rings (SSSR count). The largest absolute Gasteiger partial charge is 0.382 e. The van der Waals surface area contributed by atoms with E-state index in [9.17, 15) is 18.5 Å². The Morgan fingerprint density at radius 2 is 2.10 bits per heavy atom. The van der Waals surface area contributed by atoms with Gasteiger partial charge in [0.25, 0.3) is 0 Å². The van der Waals surface area contributed by atoms with Gasteiger partial charge in [-0.25, -0.2) is 8.42 Å². The number of nitro groups is 1. The molecule has 1 aromatic rings. The Kier molecular flexibility index (Phi) is 5.90. The molecule has 112 valence electrons. The Balaban J connectivity index is 2.94. The van der Waals surface area contributed by atoms with Crippen LogP contribution < -0.4 is 5.32 Å². The first-order chi connectivity index (χ1) is 9.38. The number of rotatable bonds is 8. The van der Waals surface area contributed by atoms with Gasteiger partial charge >= 0.3 is 5.69 Å². The molecule has 0 amide bonds. The number of benzene rings is 1. The lowest BCUT2D eigenvalue weighted by atomic mass is 10.2. The van der Waals surface area contributed by atoms with E-state index in [-0.39, 0.29) is 10.6 Å². The number of hydrogen-bond acceptors (Lipinski definition) is 6. The number of nitro benzene ring substituents is 1. The van der Waals surface area contributed by atoms with Gasteiger partial charge < -0.3 is 10.1 Å². The van der Waals surface area contributed by atoms with Crippen LogP contribution in [0.25, 0.3) is 0 Å². The molecule has 0 spiro atoms. The smallest absolute Gasteiger partial charge is 0.310 e. The molecule has 1 aromatic carbocycles. The predicted molar refractivity (Wildman–Crippen MR) is 75.8 cm³/mol. The van der Waals surface area contributed by atoms with Crippen LogP contribution in [0.1, 0.15) is 13.3 Å². The molecule has 0 bridgehead atoms. The molecule has 0 aliphatic rings. The number of para-hydroxylation sites is 1. The number of sulfone groups is 1. The van der Waals surface area contributed by atoms with Crippen LogP contribution in [0.15, 0.2) is 23.1 Å². The van der Waals surface area contributed by atoms with Crippen LogP contribution >= 0.6 is 0 Å². The van der Waals surface area contributed by atoms with E-state index in [1.54, 1.807) is 0 Å². The van der Waals surface area contributed by atoms with E-state index in [1.165, 1.54) is 18.2 Å². The Hall–Kier alpha value is -1.67. The standard InChI is InChI=1S/C12H18N2O5S/c1-3-19-9-5-8-13-10-6-4-7-11(20(2,17)18)12(10)14(15)16/h4,6-7,13H,3,5,8-9H2,1-2H3. The highest BCUT2D eigenvalue weighted by Gasteiger charge is 2.25. The molecule has 20 heavy (non-hydrogen) atoms. The third kappa shape index (κ3) is 4.46. The Bertz CT molecular complexity index is 571. The van der Waals surface area contributed by atoms with Crippen LogP contribution in [0.4, 0.5) is 11.4 Å². The Labute approximate surface area is 118 Å². The molecule has 0 aliphatic carbocycles. The summed E-state index contributed by atoms with van der Waals surface area (Å²) in [4.78, 5) is 10.1. The van der Waals surface area contributed by atoms with Crippen LogP contribution in [-0.2, 0) is 14.6 Å². The predicted octanol–water partition coefficient (Wildman–Crippen LogP) is 1.84. The van der Waals surface area contributed by atoms with E-state index in [4.69, 9.17) is 4.74 Å². The van der Waals surface area contributed by atoms with Crippen molar-refractivity contribution in [2.24, 2.45) is 0 Å². The highest BCUT2D eigenvalue weighted by atomic mass is 32.2. The minimum absolute atomic E-state index is 0.203. The maximum Gasteiger partial charge on any atom is 0.310 e. The van der Waals surface area contributed by atoms with Gasteiger partial charge in [-0.05, 0) is 25.5 Å². The summed E-state index contributed by atoms with van der Waals surface area (Å²) in [6, 6.07) is 4.21. The molecule has 0 saturated heterocycles. The maximum atomic E-state index is 11.6. The minimum atomic E-state index is -3.65. The van der Waals surface area contributed by atoms with Crippen molar-refractivity contribution in [2.75, 3.05) is 31.3 Å². The molecule has 0 fully saturated rings. The summed E-state index contributed by atoms with van der Waals surface area (Å²) in [6.07, 6.45) is 1.63. The topological polar surface area (TPSA) is 98.5 Å². The van der Waals surface area contributed by atoms with Gasteiger partial charge in [-0.15, -0.1) is 0 Å². The fraction of sp³-hybridized carbons (Fsp3) is 0.500. The Morgan fingerprint density at radius 3 is 2.65 bits per heavy atom. The highest BCUT2D eigenvalue weighted by molar-refractivity contribution is 7.90. The van der Waals surface area contributed by atoms with Crippen LogP contribution in [0, 0.1) is 10.1 Å². The molecule has 0 radical (unpaired) electrons. The summed E-state index contributed by atoms with van der Waals surface area (Å²) in [6.45, 7) is 3.51. The molecule has 0 atom stereocenters. The third-order valence-corrected chi connectivity index (χ3v) is 3.69. The van der Waals surface area contributed by atoms with Crippen molar-refractivity contribution >= 4 is 21.2 Å². The summed E-state index contributed by atoms with van der Waals surface area (Å²) in [7, 11) is -3.65. The second-order valence-corrected chi connectivity index (χ2v) is 6.14. The molecule has 0 heterocycles. The van der Waals surface area contributed by atoms with Crippen LogP contribution in [0.3, 0.4) is 0 Å². The zero-order valence-corrected chi connectivity index (χ0v) is 12.3. The summed E-state index contributed by atoms with van der Waals surface area (Å²) in [5.41, 5.74) is -0.208. The van der Waals surface area contributed by atoms with Gasteiger partial charge in [0.15, 0.2) is 9.84 Å². The minimum Gasteiger partial charge on any atom is -0.382 e. The van der Waals surface area contributed by atoms with Gasteiger partial charge in [0.2, 0.25) is 0 Å². The zero-order chi connectivity index (χ0) is 15.2. The molecular formula is C12H18N2O5S. The highest BCUT2D eigenvalue weighted by Crippen LogP contribution is 2.31. The summed E-state index contributed by atoms with van der Waals surface area (Å²) < 4.78 is 28.3. The van der Waals surface area contributed by atoms with Crippen molar-refractivity contribution in [2.45, 2.75) is 18.2 Å². The monoisotopic (exact) mass is 302 g/mol. The number of hydrogen-bond donors (Lipinski definition) is 1. The van der Waals surface area contributed by atoms with Gasteiger partial charge in [-0.2, -0.15) is 0 Å². The number of ether oxygens (including phenoxy) is 1. The molecule has 0 aliphatic heterocycles. The average molecular weight is 302 g/mol. The third-order valence-electron chi connectivity index (χ3n) is 2.57. The van der Waals surface area contributed by atoms with Crippen LogP contribution in [-0.4, -0.2) is 39.4 Å². The van der Waals surface area contributed by atoms with E-state index in [0.29, 0.717) is 26.2 Å². The van der Waals surface area contributed by atoms with Gasteiger partial charge in [-0.3, -0.25) is 10.1 Å². The van der Waals surface area contributed by atoms with E-state index in [1.807, 2.05) is 6.92 Å². The number of nitrogens with zero attached hydrogens (tertiary/aromatic N) is 1. The van der Waals surface area contributed by atoms with Crippen LogP contribution in [0.5, 0.6) is 0 Å². The van der Waals surface area contributed by atoms with Crippen molar-refractivity contribution in [3.63, 3.8) is 0 Å². The lowest BCUT2D eigenvalue weighted by Gasteiger charge is -2.09. The summed E-state index contributed by atoms with van der Waals surface area (Å²) >= 11 is 0. The van der Waals surface area contributed by atoms with E-state index in [2.05, 4.69) is 5.32 Å². The quantitative estimate of drug-likeness (QED) is 0.447. The second kappa shape index (κ2) is 7.20. The van der Waals surface area contributed by atoms with Gasteiger partial charge in [0.1, 0.15) is 10.6 Å².